The predicted molar refractivity (Wildman–Crippen MR) is 88.0 cm³/mol. The van der Waals surface area contributed by atoms with Crippen LogP contribution in [0.15, 0.2) is 29.4 Å². The molecule has 0 spiro atoms. The Labute approximate surface area is 138 Å². The molecule has 0 radical (unpaired) electrons. The van der Waals surface area contributed by atoms with E-state index in [-0.39, 0.29) is 17.7 Å². The lowest BCUT2D eigenvalue weighted by molar-refractivity contribution is -0.115. The fourth-order valence-corrected chi connectivity index (χ4v) is 2.67. The highest BCUT2D eigenvalue weighted by Crippen LogP contribution is 2.19. The number of carbonyl (C=O) groups excluding carboxylic acids is 2. The summed E-state index contributed by atoms with van der Waals surface area (Å²) in [5.41, 5.74) is 6.81. The molecular formula is C15H19N5O2S. The summed E-state index contributed by atoms with van der Waals surface area (Å²) in [6.45, 7) is 3.80. The van der Waals surface area contributed by atoms with Crippen molar-refractivity contribution in [2.75, 3.05) is 5.75 Å². The lowest BCUT2D eigenvalue weighted by Crippen LogP contribution is -2.28. The number of amides is 2. The Hall–Kier alpha value is -2.35. The van der Waals surface area contributed by atoms with Crippen LogP contribution >= 0.6 is 11.8 Å². The molecule has 1 atom stereocenters. The summed E-state index contributed by atoms with van der Waals surface area (Å²) in [5, 5.41) is 11.6. The molecule has 0 fully saturated rings. The summed E-state index contributed by atoms with van der Waals surface area (Å²) in [6, 6.07) is 7.02. The van der Waals surface area contributed by atoms with Crippen LogP contribution in [-0.4, -0.2) is 32.3 Å². The Balaban J connectivity index is 2.05. The SMILES string of the molecule is Cc1ccc(C(=O)N[C@H](C)c2nnc(SCC(N)=O)n2C)cc1. The third kappa shape index (κ3) is 4.32. The zero-order valence-corrected chi connectivity index (χ0v) is 14.1. The van der Waals surface area contributed by atoms with Gasteiger partial charge in [0.25, 0.3) is 5.91 Å². The Morgan fingerprint density at radius 1 is 1.30 bits per heavy atom. The first-order valence-electron chi connectivity index (χ1n) is 7.06. The summed E-state index contributed by atoms with van der Waals surface area (Å²) in [5.74, 6) is 0.153. The Bertz CT molecular complexity index is 711. The molecule has 0 aliphatic carbocycles. The van der Waals surface area contributed by atoms with Gasteiger partial charge in [-0.05, 0) is 26.0 Å². The van der Waals surface area contributed by atoms with E-state index in [4.69, 9.17) is 5.73 Å². The van der Waals surface area contributed by atoms with Gasteiger partial charge in [0.15, 0.2) is 11.0 Å². The number of benzene rings is 1. The number of aryl methyl sites for hydroxylation is 1. The van der Waals surface area contributed by atoms with Crippen LogP contribution in [0, 0.1) is 6.92 Å². The topological polar surface area (TPSA) is 103 Å². The summed E-state index contributed by atoms with van der Waals surface area (Å²) >= 11 is 1.21. The molecule has 2 aromatic rings. The first-order chi connectivity index (χ1) is 10.9. The fraction of sp³-hybridized carbons (Fsp3) is 0.333. The van der Waals surface area contributed by atoms with Gasteiger partial charge in [-0.25, -0.2) is 0 Å². The molecule has 0 saturated carbocycles. The van der Waals surface area contributed by atoms with Gasteiger partial charge in [-0.2, -0.15) is 0 Å². The number of primary amides is 1. The number of thioether (sulfide) groups is 1. The summed E-state index contributed by atoms with van der Waals surface area (Å²) in [7, 11) is 1.78. The molecule has 1 aromatic carbocycles. The van der Waals surface area contributed by atoms with Crippen LogP contribution < -0.4 is 11.1 Å². The van der Waals surface area contributed by atoms with E-state index in [0.29, 0.717) is 16.5 Å². The highest BCUT2D eigenvalue weighted by molar-refractivity contribution is 7.99. The molecule has 2 rings (SSSR count). The fourth-order valence-electron chi connectivity index (χ4n) is 2.01. The molecule has 0 aliphatic rings. The van der Waals surface area contributed by atoms with Crippen molar-refractivity contribution >= 4 is 23.6 Å². The number of nitrogens with one attached hydrogen (secondary N) is 1. The molecule has 1 aromatic heterocycles. The van der Waals surface area contributed by atoms with Gasteiger partial charge in [0.05, 0.1) is 11.8 Å². The number of nitrogens with two attached hydrogens (primary N) is 1. The zero-order chi connectivity index (χ0) is 17.0. The maximum absolute atomic E-state index is 12.2. The maximum atomic E-state index is 12.2. The highest BCUT2D eigenvalue weighted by atomic mass is 32.2. The van der Waals surface area contributed by atoms with Gasteiger partial charge in [-0.1, -0.05) is 29.5 Å². The molecule has 122 valence electrons. The molecule has 8 heteroatoms. The predicted octanol–water partition coefficient (Wildman–Crippen LogP) is 1.19. The lowest BCUT2D eigenvalue weighted by atomic mass is 10.1. The number of hydrogen-bond donors (Lipinski definition) is 2. The smallest absolute Gasteiger partial charge is 0.251 e. The van der Waals surface area contributed by atoms with Crippen molar-refractivity contribution in [3.8, 4) is 0 Å². The van der Waals surface area contributed by atoms with E-state index in [2.05, 4.69) is 15.5 Å². The quantitative estimate of drug-likeness (QED) is 0.773. The van der Waals surface area contributed by atoms with Crippen molar-refractivity contribution in [3.05, 3.63) is 41.2 Å². The molecule has 3 N–H and O–H groups in total. The van der Waals surface area contributed by atoms with E-state index in [0.717, 1.165) is 5.56 Å². The first kappa shape index (κ1) is 17.0. The van der Waals surface area contributed by atoms with E-state index in [1.54, 1.807) is 23.7 Å². The number of aromatic nitrogens is 3. The van der Waals surface area contributed by atoms with Gasteiger partial charge in [-0.15, -0.1) is 10.2 Å². The van der Waals surface area contributed by atoms with Crippen molar-refractivity contribution in [2.45, 2.75) is 25.0 Å². The third-order valence-electron chi connectivity index (χ3n) is 3.26. The lowest BCUT2D eigenvalue weighted by Gasteiger charge is -2.13. The standard InChI is InChI=1S/C15H19N5O2S/c1-9-4-6-11(7-5-9)14(22)17-10(2)13-18-19-15(20(13)3)23-8-12(16)21/h4-7,10H,8H2,1-3H3,(H2,16,21)(H,17,22)/t10-/m1/s1. The van der Waals surface area contributed by atoms with E-state index >= 15 is 0 Å². The minimum absolute atomic E-state index is 0.135. The zero-order valence-electron chi connectivity index (χ0n) is 13.2. The average molecular weight is 333 g/mol. The van der Waals surface area contributed by atoms with Gasteiger partial charge in [0.1, 0.15) is 0 Å². The second-order valence-corrected chi connectivity index (χ2v) is 6.16. The largest absolute Gasteiger partial charge is 0.369 e. The van der Waals surface area contributed by atoms with Gasteiger partial charge in [0, 0.05) is 12.6 Å². The van der Waals surface area contributed by atoms with Crippen LogP contribution in [0.5, 0.6) is 0 Å². The van der Waals surface area contributed by atoms with Gasteiger partial charge < -0.3 is 15.6 Å². The van der Waals surface area contributed by atoms with Gasteiger partial charge in [-0.3, -0.25) is 9.59 Å². The average Bonchev–Trinajstić information content (AvgIpc) is 2.86. The molecule has 1 heterocycles. The molecule has 0 bridgehead atoms. The van der Waals surface area contributed by atoms with Crippen LogP contribution in [0.1, 0.15) is 34.7 Å². The van der Waals surface area contributed by atoms with Crippen molar-refractivity contribution < 1.29 is 9.59 Å². The molecule has 7 nitrogen and oxygen atoms in total. The molecule has 2 amide bonds. The second kappa shape index (κ2) is 7.28. The Morgan fingerprint density at radius 2 is 1.96 bits per heavy atom. The molecule has 0 unspecified atom stereocenters. The number of nitrogens with zero attached hydrogens (tertiary/aromatic N) is 3. The normalized spacial score (nSPS) is 12.0. The summed E-state index contributed by atoms with van der Waals surface area (Å²) < 4.78 is 1.74. The number of carbonyl (C=O) groups is 2. The summed E-state index contributed by atoms with van der Waals surface area (Å²) in [6.07, 6.45) is 0. The van der Waals surface area contributed by atoms with Crippen LogP contribution in [0.4, 0.5) is 0 Å². The second-order valence-electron chi connectivity index (χ2n) is 5.22. The van der Waals surface area contributed by atoms with Crippen molar-refractivity contribution in [3.63, 3.8) is 0 Å². The Kier molecular flexibility index (Phi) is 5.38. The maximum Gasteiger partial charge on any atom is 0.251 e. The van der Waals surface area contributed by atoms with Crippen molar-refractivity contribution in [1.82, 2.24) is 20.1 Å². The molecule has 0 saturated heterocycles. The Morgan fingerprint density at radius 3 is 2.57 bits per heavy atom. The van der Waals surface area contributed by atoms with Crippen LogP contribution in [0.25, 0.3) is 0 Å². The minimum atomic E-state index is -0.416. The van der Waals surface area contributed by atoms with Crippen LogP contribution in [-0.2, 0) is 11.8 Å². The first-order valence-corrected chi connectivity index (χ1v) is 8.05. The number of hydrogen-bond acceptors (Lipinski definition) is 5. The van der Waals surface area contributed by atoms with E-state index in [9.17, 15) is 9.59 Å². The molecular weight excluding hydrogens is 314 g/mol. The molecule has 0 aliphatic heterocycles. The minimum Gasteiger partial charge on any atom is -0.369 e. The van der Waals surface area contributed by atoms with Gasteiger partial charge >= 0.3 is 0 Å². The van der Waals surface area contributed by atoms with Crippen LogP contribution in [0.3, 0.4) is 0 Å². The monoisotopic (exact) mass is 333 g/mol. The van der Waals surface area contributed by atoms with Crippen molar-refractivity contribution in [2.24, 2.45) is 12.8 Å². The van der Waals surface area contributed by atoms with E-state index < -0.39 is 5.91 Å². The van der Waals surface area contributed by atoms with Crippen LogP contribution in [0.2, 0.25) is 0 Å². The highest BCUT2D eigenvalue weighted by Gasteiger charge is 2.18. The third-order valence-corrected chi connectivity index (χ3v) is 4.30. The number of rotatable bonds is 6. The van der Waals surface area contributed by atoms with E-state index in [1.165, 1.54) is 11.8 Å². The van der Waals surface area contributed by atoms with Crippen molar-refractivity contribution in [1.29, 1.82) is 0 Å². The van der Waals surface area contributed by atoms with E-state index in [1.807, 2.05) is 26.0 Å². The molecule has 23 heavy (non-hydrogen) atoms. The van der Waals surface area contributed by atoms with Gasteiger partial charge in [0.2, 0.25) is 5.91 Å². The summed E-state index contributed by atoms with van der Waals surface area (Å²) in [4.78, 5) is 23.1.